The molecule has 5 nitrogen and oxygen atoms in total. The summed E-state index contributed by atoms with van der Waals surface area (Å²) in [6, 6.07) is 0.110. The summed E-state index contributed by atoms with van der Waals surface area (Å²) >= 11 is 0. The highest BCUT2D eigenvalue weighted by Crippen LogP contribution is 1.93. The van der Waals surface area contributed by atoms with Gasteiger partial charge in [-0.3, -0.25) is 9.79 Å². The van der Waals surface area contributed by atoms with Crippen LogP contribution >= 0.6 is 0 Å². The maximum absolute atomic E-state index is 10.4. The second kappa shape index (κ2) is 7.70. The summed E-state index contributed by atoms with van der Waals surface area (Å²) in [5, 5.41) is 3.12. The average Bonchev–Trinajstić information content (AvgIpc) is 2.10. The Morgan fingerprint density at radius 1 is 1.69 bits per heavy atom. The normalized spacial score (nSPS) is 13.4. The summed E-state index contributed by atoms with van der Waals surface area (Å²) in [7, 11) is 0. The van der Waals surface area contributed by atoms with Crippen LogP contribution in [0.4, 0.5) is 0 Å². The molecule has 0 heterocycles. The van der Waals surface area contributed by atoms with Crippen LogP contribution in [0.2, 0.25) is 0 Å². The maximum Gasteiger partial charge on any atom is 0.259 e. The van der Waals surface area contributed by atoms with E-state index in [1.165, 1.54) is 0 Å². The molecule has 0 aliphatic heterocycles. The average molecular weight is 186 g/mol. The van der Waals surface area contributed by atoms with Crippen molar-refractivity contribution in [2.24, 2.45) is 16.5 Å². The lowest BCUT2D eigenvalue weighted by Crippen LogP contribution is -2.30. The van der Waals surface area contributed by atoms with E-state index in [0.717, 1.165) is 25.7 Å². The van der Waals surface area contributed by atoms with Gasteiger partial charge in [-0.25, -0.2) is 0 Å². The van der Waals surface area contributed by atoms with E-state index in [1.54, 1.807) is 0 Å². The minimum Gasteiger partial charge on any atom is -0.365 e. The van der Waals surface area contributed by atoms with Crippen LogP contribution in [0.3, 0.4) is 0 Å². The molecule has 0 aromatic heterocycles. The molecule has 0 aromatic carbocycles. The fourth-order valence-electron chi connectivity index (χ4n) is 0.852. The standard InChI is InChI=1S/C8H18N4O/c1-2-7(5-11-4-3-9)12-6-8(10)13/h6-7,11H,2-5,9H2,1H3,(H2,10,13). The van der Waals surface area contributed by atoms with Crippen molar-refractivity contribution in [2.45, 2.75) is 19.4 Å². The van der Waals surface area contributed by atoms with Crippen LogP contribution in [0.5, 0.6) is 0 Å². The molecule has 0 fully saturated rings. The van der Waals surface area contributed by atoms with Crippen LogP contribution < -0.4 is 16.8 Å². The fraction of sp³-hybridized carbons (Fsp3) is 0.750. The monoisotopic (exact) mass is 186 g/mol. The second-order valence-corrected chi connectivity index (χ2v) is 2.74. The molecule has 0 aromatic rings. The van der Waals surface area contributed by atoms with Crippen LogP contribution in [-0.2, 0) is 4.79 Å². The third kappa shape index (κ3) is 7.42. The Morgan fingerprint density at radius 3 is 2.85 bits per heavy atom. The van der Waals surface area contributed by atoms with Gasteiger partial charge in [0.25, 0.3) is 5.91 Å². The predicted molar refractivity (Wildman–Crippen MR) is 53.7 cm³/mol. The zero-order valence-electron chi connectivity index (χ0n) is 7.99. The van der Waals surface area contributed by atoms with Gasteiger partial charge in [0.2, 0.25) is 0 Å². The largest absolute Gasteiger partial charge is 0.365 e. The van der Waals surface area contributed by atoms with Gasteiger partial charge in [0.1, 0.15) is 0 Å². The molecule has 1 atom stereocenters. The Morgan fingerprint density at radius 2 is 2.38 bits per heavy atom. The molecule has 0 aliphatic carbocycles. The van der Waals surface area contributed by atoms with Crippen LogP contribution in [0.15, 0.2) is 4.99 Å². The molecule has 0 saturated heterocycles. The molecule has 13 heavy (non-hydrogen) atoms. The van der Waals surface area contributed by atoms with Gasteiger partial charge < -0.3 is 16.8 Å². The Kier molecular flexibility index (Phi) is 7.14. The van der Waals surface area contributed by atoms with E-state index in [9.17, 15) is 4.79 Å². The van der Waals surface area contributed by atoms with Crippen LogP contribution in [0.1, 0.15) is 13.3 Å². The third-order valence-corrected chi connectivity index (χ3v) is 1.58. The summed E-state index contributed by atoms with van der Waals surface area (Å²) in [6.45, 7) is 4.11. The number of nitrogens with one attached hydrogen (secondary N) is 1. The molecule has 76 valence electrons. The van der Waals surface area contributed by atoms with Crippen LogP contribution in [-0.4, -0.2) is 37.8 Å². The van der Waals surface area contributed by atoms with E-state index < -0.39 is 5.91 Å². The molecule has 1 unspecified atom stereocenters. The van der Waals surface area contributed by atoms with Gasteiger partial charge >= 0.3 is 0 Å². The molecule has 0 radical (unpaired) electrons. The number of primary amides is 1. The van der Waals surface area contributed by atoms with Gasteiger partial charge in [-0.2, -0.15) is 0 Å². The number of nitrogens with two attached hydrogens (primary N) is 2. The summed E-state index contributed by atoms with van der Waals surface area (Å²) < 4.78 is 0. The molecular weight excluding hydrogens is 168 g/mol. The zero-order chi connectivity index (χ0) is 10.1. The molecule has 5 heteroatoms. The number of carbonyl (C=O) groups excluding carboxylic acids is 1. The molecule has 0 rings (SSSR count). The summed E-state index contributed by atoms with van der Waals surface area (Å²) in [6.07, 6.45) is 2.04. The van der Waals surface area contributed by atoms with Gasteiger partial charge in [0.15, 0.2) is 0 Å². The quantitative estimate of drug-likeness (QED) is 0.347. The summed E-state index contributed by atoms with van der Waals surface area (Å²) in [5.41, 5.74) is 10.2. The van der Waals surface area contributed by atoms with Gasteiger partial charge in [-0.1, -0.05) is 6.92 Å². The van der Waals surface area contributed by atoms with Gasteiger partial charge in [0, 0.05) is 19.6 Å². The Hall–Kier alpha value is -0.940. The lowest BCUT2D eigenvalue weighted by atomic mass is 10.2. The first-order valence-corrected chi connectivity index (χ1v) is 4.44. The molecule has 0 aliphatic rings. The van der Waals surface area contributed by atoms with Crippen molar-refractivity contribution in [1.82, 2.24) is 5.32 Å². The van der Waals surface area contributed by atoms with E-state index in [-0.39, 0.29) is 6.04 Å². The Bertz CT molecular complexity index is 170. The highest BCUT2D eigenvalue weighted by atomic mass is 16.1. The highest BCUT2D eigenvalue weighted by Gasteiger charge is 2.01. The fourth-order valence-corrected chi connectivity index (χ4v) is 0.852. The third-order valence-electron chi connectivity index (χ3n) is 1.58. The van der Waals surface area contributed by atoms with Crippen molar-refractivity contribution in [3.63, 3.8) is 0 Å². The first kappa shape index (κ1) is 12.1. The lowest BCUT2D eigenvalue weighted by Gasteiger charge is -2.09. The van der Waals surface area contributed by atoms with E-state index in [2.05, 4.69) is 10.3 Å². The van der Waals surface area contributed by atoms with Gasteiger partial charge in [-0.15, -0.1) is 0 Å². The number of carbonyl (C=O) groups is 1. The van der Waals surface area contributed by atoms with Gasteiger partial charge in [0.05, 0.1) is 12.3 Å². The molecular formula is C8H18N4O. The van der Waals surface area contributed by atoms with Crippen molar-refractivity contribution in [3.05, 3.63) is 0 Å². The van der Waals surface area contributed by atoms with Gasteiger partial charge in [-0.05, 0) is 6.42 Å². The minimum absolute atomic E-state index is 0.110. The molecule has 0 spiro atoms. The van der Waals surface area contributed by atoms with Crippen LogP contribution in [0.25, 0.3) is 0 Å². The number of hydrogen-bond donors (Lipinski definition) is 3. The van der Waals surface area contributed by atoms with E-state index in [4.69, 9.17) is 11.5 Å². The molecule has 5 N–H and O–H groups in total. The number of nitrogens with zero attached hydrogens (tertiary/aromatic N) is 1. The van der Waals surface area contributed by atoms with E-state index in [1.807, 2.05) is 6.92 Å². The van der Waals surface area contributed by atoms with Crippen molar-refractivity contribution in [3.8, 4) is 0 Å². The Labute approximate surface area is 78.6 Å². The first-order chi connectivity index (χ1) is 6.20. The topological polar surface area (TPSA) is 93.5 Å². The molecule has 1 amide bonds. The number of amides is 1. The maximum atomic E-state index is 10.4. The Balaban J connectivity index is 3.69. The molecule has 0 bridgehead atoms. The minimum atomic E-state index is -0.503. The SMILES string of the molecule is CCC(CNCCN)N=CC(N)=O. The summed E-state index contributed by atoms with van der Waals surface area (Å²) in [5.74, 6) is -0.503. The van der Waals surface area contributed by atoms with Crippen molar-refractivity contribution < 1.29 is 4.79 Å². The highest BCUT2D eigenvalue weighted by molar-refractivity contribution is 6.25. The second-order valence-electron chi connectivity index (χ2n) is 2.74. The van der Waals surface area contributed by atoms with Crippen LogP contribution in [0, 0.1) is 0 Å². The molecule has 0 saturated carbocycles. The van der Waals surface area contributed by atoms with E-state index in [0.29, 0.717) is 6.54 Å². The first-order valence-electron chi connectivity index (χ1n) is 4.44. The smallest absolute Gasteiger partial charge is 0.259 e. The number of hydrogen-bond acceptors (Lipinski definition) is 4. The van der Waals surface area contributed by atoms with E-state index >= 15 is 0 Å². The number of aliphatic imine (C=N–C) groups is 1. The number of rotatable bonds is 7. The predicted octanol–water partition coefficient (Wildman–Crippen LogP) is -1.13. The lowest BCUT2D eigenvalue weighted by molar-refractivity contribution is -0.111. The zero-order valence-corrected chi connectivity index (χ0v) is 7.99. The van der Waals surface area contributed by atoms with Crippen molar-refractivity contribution >= 4 is 12.1 Å². The van der Waals surface area contributed by atoms with Crippen molar-refractivity contribution in [1.29, 1.82) is 0 Å². The van der Waals surface area contributed by atoms with Crippen molar-refractivity contribution in [2.75, 3.05) is 19.6 Å². The summed E-state index contributed by atoms with van der Waals surface area (Å²) in [4.78, 5) is 14.4.